The van der Waals surface area contributed by atoms with Crippen molar-refractivity contribution in [3.05, 3.63) is 78.2 Å². The first kappa shape index (κ1) is 17.1. The minimum Gasteiger partial charge on any atom is -0.493 e. The Labute approximate surface area is 156 Å². The van der Waals surface area contributed by atoms with Crippen molar-refractivity contribution in [3.63, 3.8) is 0 Å². The molecule has 0 aromatic heterocycles. The van der Waals surface area contributed by atoms with Crippen molar-refractivity contribution in [2.24, 2.45) is 0 Å². The molecule has 3 aromatic rings. The number of nitrogens with one attached hydrogen (secondary N) is 1. The number of hydrogen-bond acceptors (Lipinski definition) is 4. The fourth-order valence-corrected chi connectivity index (χ4v) is 4.44. The van der Waals surface area contributed by atoms with Crippen LogP contribution < -0.4 is 5.32 Å². The predicted molar refractivity (Wildman–Crippen MR) is 104 cm³/mol. The van der Waals surface area contributed by atoms with E-state index in [0.717, 1.165) is 15.1 Å². The van der Waals surface area contributed by atoms with Gasteiger partial charge in [0.05, 0.1) is 4.90 Å². The zero-order valence-electron chi connectivity index (χ0n) is 14.4. The molecule has 0 unspecified atom stereocenters. The van der Waals surface area contributed by atoms with E-state index in [0.29, 0.717) is 5.69 Å². The van der Waals surface area contributed by atoms with Gasteiger partial charge in [-0.3, -0.25) is 4.79 Å². The second-order valence-electron chi connectivity index (χ2n) is 6.19. The van der Waals surface area contributed by atoms with Gasteiger partial charge in [-0.2, -0.15) is 0 Å². The number of amides is 1. The highest BCUT2D eigenvalue weighted by molar-refractivity contribution is 7.89. The van der Waals surface area contributed by atoms with Crippen molar-refractivity contribution in [2.75, 3.05) is 12.4 Å². The van der Waals surface area contributed by atoms with Crippen LogP contribution in [0.4, 0.5) is 5.69 Å². The number of aliphatic hydroxyl groups is 1. The summed E-state index contributed by atoms with van der Waals surface area (Å²) in [6, 6.07) is 19.2. The molecule has 0 atom stereocenters. The Balaban J connectivity index is 1.93. The Bertz CT molecular complexity index is 1200. The van der Waals surface area contributed by atoms with E-state index in [1.807, 2.05) is 24.3 Å². The Hall–Kier alpha value is -3.32. The van der Waals surface area contributed by atoms with E-state index in [-0.39, 0.29) is 16.0 Å². The minimum absolute atomic E-state index is 0.0142. The summed E-state index contributed by atoms with van der Waals surface area (Å²) in [5.41, 5.74) is 0.635. The molecule has 0 fully saturated rings. The average Bonchev–Trinajstić information content (AvgIpc) is 2.66. The Morgan fingerprint density at radius 2 is 1.56 bits per heavy atom. The van der Waals surface area contributed by atoms with Crippen LogP contribution in [-0.4, -0.2) is 30.8 Å². The third-order valence-electron chi connectivity index (χ3n) is 4.54. The Kier molecular flexibility index (Phi) is 3.89. The van der Waals surface area contributed by atoms with Gasteiger partial charge in [-0.05, 0) is 35.0 Å². The third kappa shape index (κ3) is 2.72. The van der Waals surface area contributed by atoms with Crippen molar-refractivity contribution in [1.82, 2.24) is 4.31 Å². The fraction of sp³-hybridized carbons (Fsp3) is 0.0500. The molecule has 27 heavy (non-hydrogen) atoms. The summed E-state index contributed by atoms with van der Waals surface area (Å²) in [4.78, 5) is 12.9. The molecule has 6 nitrogen and oxygen atoms in total. The van der Waals surface area contributed by atoms with Crippen LogP contribution in [0.2, 0.25) is 0 Å². The van der Waals surface area contributed by atoms with Crippen LogP contribution in [0, 0.1) is 0 Å². The molecule has 1 heterocycles. The molecule has 0 spiro atoms. The molecule has 0 aliphatic carbocycles. The molecule has 0 bridgehead atoms. The summed E-state index contributed by atoms with van der Waals surface area (Å²) < 4.78 is 26.3. The van der Waals surface area contributed by atoms with Gasteiger partial charge in [0.25, 0.3) is 15.9 Å². The summed E-state index contributed by atoms with van der Waals surface area (Å²) in [6.45, 7) is 0. The molecule has 4 rings (SSSR count). The van der Waals surface area contributed by atoms with E-state index < -0.39 is 21.8 Å². The highest BCUT2D eigenvalue weighted by Crippen LogP contribution is 2.37. The third-order valence-corrected chi connectivity index (χ3v) is 6.32. The molecule has 7 heteroatoms. The van der Waals surface area contributed by atoms with E-state index in [9.17, 15) is 18.3 Å². The maximum atomic E-state index is 12.9. The predicted octanol–water partition coefficient (Wildman–Crippen LogP) is 3.34. The van der Waals surface area contributed by atoms with Crippen molar-refractivity contribution in [3.8, 4) is 0 Å². The lowest BCUT2D eigenvalue weighted by Crippen LogP contribution is -2.34. The van der Waals surface area contributed by atoms with Gasteiger partial charge in [0.15, 0.2) is 0 Å². The lowest BCUT2D eigenvalue weighted by atomic mass is 10.00. The number of fused-ring (bicyclic) bond motifs is 2. The van der Waals surface area contributed by atoms with Gasteiger partial charge < -0.3 is 10.4 Å². The van der Waals surface area contributed by atoms with Crippen LogP contribution >= 0.6 is 0 Å². The smallest absolute Gasteiger partial charge is 0.267 e. The first-order chi connectivity index (χ1) is 12.9. The van der Waals surface area contributed by atoms with Gasteiger partial charge in [0, 0.05) is 18.3 Å². The number of anilines is 1. The summed E-state index contributed by atoms with van der Waals surface area (Å²) in [6.07, 6.45) is 0. The SMILES string of the molecule is CN1C(O)=C(C(=O)Nc2ccccc2)c2cc3ccccc3cc2S1(=O)=O. The second kappa shape index (κ2) is 6.14. The molecule has 0 radical (unpaired) electrons. The van der Waals surface area contributed by atoms with E-state index in [1.165, 1.54) is 13.1 Å². The zero-order valence-corrected chi connectivity index (χ0v) is 15.2. The normalized spacial score (nSPS) is 15.5. The topological polar surface area (TPSA) is 86.7 Å². The molecule has 1 aliphatic heterocycles. The highest BCUT2D eigenvalue weighted by atomic mass is 32.2. The van der Waals surface area contributed by atoms with Crippen LogP contribution in [0.1, 0.15) is 5.56 Å². The summed E-state index contributed by atoms with van der Waals surface area (Å²) in [7, 11) is -2.73. The standard InChI is InChI=1S/C20H16N2O4S/c1-22-20(24)18(19(23)21-15-9-3-2-4-10-15)16-11-13-7-5-6-8-14(13)12-17(16)27(22,25)26/h2-12,24H,1H3,(H,21,23). The maximum Gasteiger partial charge on any atom is 0.267 e. The fourth-order valence-electron chi connectivity index (χ4n) is 3.11. The number of aliphatic hydroxyl groups excluding tert-OH is 1. The Morgan fingerprint density at radius 3 is 2.22 bits per heavy atom. The quantitative estimate of drug-likeness (QED) is 0.714. The van der Waals surface area contributed by atoms with Gasteiger partial charge >= 0.3 is 0 Å². The van der Waals surface area contributed by atoms with Gasteiger partial charge in [0.1, 0.15) is 5.57 Å². The molecule has 0 saturated heterocycles. The van der Waals surface area contributed by atoms with Crippen molar-refractivity contribution in [2.45, 2.75) is 4.90 Å². The van der Waals surface area contributed by atoms with E-state index in [4.69, 9.17) is 0 Å². The van der Waals surface area contributed by atoms with Gasteiger partial charge in [0.2, 0.25) is 5.88 Å². The highest BCUT2D eigenvalue weighted by Gasteiger charge is 2.37. The lowest BCUT2D eigenvalue weighted by Gasteiger charge is -2.28. The van der Waals surface area contributed by atoms with Crippen LogP contribution in [0.25, 0.3) is 16.3 Å². The van der Waals surface area contributed by atoms with Gasteiger partial charge in [-0.15, -0.1) is 0 Å². The van der Waals surface area contributed by atoms with Gasteiger partial charge in [-0.25, -0.2) is 12.7 Å². The first-order valence-electron chi connectivity index (χ1n) is 8.21. The van der Waals surface area contributed by atoms with Gasteiger partial charge in [-0.1, -0.05) is 42.5 Å². The lowest BCUT2D eigenvalue weighted by molar-refractivity contribution is -0.111. The number of nitrogens with zero attached hydrogens (tertiary/aromatic N) is 1. The van der Waals surface area contributed by atoms with Crippen molar-refractivity contribution in [1.29, 1.82) is 0 Å². The number of carbonyl (C=O) groups excluding carboxylic acids is 1. The second-order valence-corrected chi connectivity index (χ2v) is 8.12. The van der Waals surface area contributed by atoms with Crippen LogP contribution in [0.15, 0.2) is 77.5 Å². The van der Waals surface area contributed by atoms with Crippen LogP contribution in [0.5, 0.6) is 0 Å². The average molecular weight is 380 g/mol. The number of sulfonamides is 1. The van der Waals surface area contributed by atoms with Crippen LogP contribution in [-0.2, 0) is 14.8 Å². The monoisotopic (exact) mass is 380 g/mol. The molecule has 2 N–H and O–H groups in total. The molecule has 3 aromatic carbocycles. The number of benzene rings is 3. The molecule has 1 amide bonds. The molecule has 136 valence electrons. The maximum absolute atomic E-state index is 12.9. The first-order valence-corrected chi connectivity index (χ1v) is 9.65. The zero-order chi connectivity index (χ0) is 19.2. The largest absolute Gasteiger partial charge is 0.493 e. The number of rotatable bonds is 2. The number of para-hydroxylation sites is 1. The molecular weight excluding hydrogens is 364 g/mol. The number of carbonyl (C=O) groups is 1. The molecule has 1 aliphatic rings. The van der Waals surface area contributed by atoms with Crippen LogP contribution in [0.3, 0.4) is 0 Å². The van der Waals surface area contributed by atoms with Crippen molar-refractivity contribution < 1.29 is 18.3 Å². The summed E-state index contributed by atoms with van der Waals surface area (Å²) in [5, 5.41) is 14.7. The minimum atomic E-state index is -3.96. The van der Waals surface area contributed by atoms with Crippen molar-refractivity contribution >= 4 is 38.0 Å². The van der Waals surface area contributed by atoms with E-state index in [2.05, 4.69) is 5.32 Å². The summed E-state index contributed by atoms with van der Waals surface area (Å²) >= 11 is 0. The van der Waals surface area contributed by atoms with E-state index in [1.54, 1.807) is 36.4 Å². The number of hydrogen-bond donors (Lipinski definition) is 2. The molecular formula is C20H16N2O4S. The molecule has 0 saturated carbocycles. The van der Waals surface area contributed by atoms with E-state index >= 15 is 0 Å². The Morgan fingerprint density at radius 1 is 0.963 bits per heavy atom. The summed E-state index contributed by atoms with van der Waals surface area (Å²) in [5.74, 6) is -1.19.